The van der Waals surface area contributed by atoms with Gasteiger partial charge < -0.3 is 10.6 Å². The van der Waals surface area contributed by atoms with Crippen molar-refractivity contribution in [3.8, 4) is 0 Å². The van der Waals surface area contributed by atoms with Gasteiger partial charge in [0.05, 0.1) is 12.2 Å². The Bertz CT molecular complexity index is 357. The van der Waals surface area contributed by atoms with E-state index in [1.165, 1.54) is 0 Å². The van der Waals surface area contributed by atoms with Crippen LogP contribution in [0.3, 0.4) is 0 Å². The van der Waals surface area contributed by atoms with Crippen LogP contribution in [0, 0.1) is 0 Å². The molecule has 0 saturated heterocycles. The third-order valence-electron chi connectivity index (χ3n) is 2.21. The summed E-state index contributed by atoms with van der Waals surface area (Å²) >= 11 is 0. The lowest BCUT2D eigenvalue weighted by Gasteiger charge is -2.21. The standard InChI is InChI=1S/C13H21N3O/c1-10(11-7-5-6-8-14-11)15-9-12(17)16-13(2,3)4/h5-8,10,15H,9H2,1-4H3,(H,16,17)/t10-/m0/s1. The van der Waals surface area contributed by atoms with Crippen LogP contribution in [-0.4, -0.2) is 23.0 Å². The molecule has 2 N–H and O–H groups in total. The Morgan fingerprint density at radius 1 is 1.41 bits per heavy atom. The lowest BCUT2D eigenvalue weighted by Crippen LogP contribution is -2.45. The second-order valence-electron chi connectivity index (χ2n) is 5.16. The molecule has 0 bridgehead atoms. The van der Waals surface area contributed by atoms with Crippen LogP contribution in [0.1, 0.15) is 39.4 Å². The molecule has 0 unspecified atom stereocenters. The van der Waals surface area contributed by atoms with E-state index in [9.17, 15) is 4.79 Å². The maximum atomic E-state index is 11.6. The van der Waals surface area contributed by atoms with Gasteiger partial charge in [0.1, 0.15) is 0 Å². The fourth-order valence-corrected chi connectivity index (χ4v) is 1.44. The van der Waals surface area contributed by atoms with Crippen molar-refractivity contribution in [2.45, 2.75) is 39.3 Å². The summed E-state index contributed by atoms with van der Waals surface area (Å²) in [4.78, 5) is 15.8. The van der Waals surface area contributed by atoms with Gasteiger partial charge in [0, 0.05) is 17.8 Å². The molecular weight excluding hydrogens is 214 g/mol. The van der Waals surface area contributed by atoms with E-state index in [1.54, 1.807) is 6.20 Å². The highest BCUT2D eigenvalue weighted by atomic mass is 16.2. The molecule has 0 spiro atoms. The number of pyridine rings is 1. The number of hydrogen-bond donors (Lipinski definition) is 2. The van der Waals surface area contributed by atoms with Gasteiger partial charge >= 0.3 is 0 Å². The van der Waals surface area contributed by atoms with Gasteiger partial charge in [0.2, 0.25) is 5.91 Å². The lowest BCUT2D eigenvalue weighted by molar-refractivity contribution is -0.121. The first-order chi connectivity index (χ1) is 7.88. The number of hydrogen-bond acceptors (Lipinski definition) is 3. The van der Waals surface area contributed by atoms with E-state index in [0.717, 1.165) is 5.69 Å². The highest BCUT2D eigenvalue weighted by Gasteiger charge is 2.14. The molecule has 0 aliphatic carbocycles. The fourth-order valence-electron chi connectivity index (χ4n) is 1.44. The molecule has 0 fully saturated rings. The van der Waals surface area contributed by atoms with E-state index in [-0.39, 0.29) is 17.5 Å². The second kappa shape index (κ2) is 5.77. The van der Waals surface area contributed by atoms with Gasteiger partial charge in [-0.25, -0.2) is 0 Å². The summed E-state index contributed by atoms with van der Waals surface area (Å²) < 4.78 is 0. The summed E-state index contributed by atoms with van der Waals surface area (Å²) in [5.74, 6) is 0.000260. The largest absolute Gasteiger partial charge is 0.350 e. The molecule has 0 aliphatic heterocycles. The van der Waals surface area contributed by atoms with Crippen LogP contribution < -0.4 is 10.6 Å². The highest BCUT2D eigenvalue weighted by molar-refractivity contribution is 5.78. The van der Waals surface area contributed by atoms with Crippen molar-refractivity contribution in [1.29, 1.82) is 0 Å². The van der Waals surface area contributed by atoms with Crippen LogP contribution in [0.2, 0.25) is 0 Å². The molecule has 1 atom stereocenters. The van der Waals surface area contributed by atoms with Crippen molar-refractivity contribution >= 4 is 5.91 Å². The molecule has 4 nitrogen and oxygen atoms in total. The summed E-state index contributed by atoms with van der Waals surface area (Å²) in [6.07, 6.45) is 1.75. The Balaban J connectivity index is 2.39. The maximum absolute atomic E-state index is 11.6. The van der Waals surface area contributed by atoms with Crippen molar-refractivity contribution in [3.05, 3.63) is 30.1 Å². The Morgan fingerprint density at radius 3 is 2.65 bits per heavy atom. The predicted octanol–water partition coefficient (Wildman–Crippen LogP) is 1.65. The van der Waals surface area contributed by atoms with Gasteiger partial charge in [-0.05, 0) is 39.8 Å². The number of carbonyl (C=O) groups excluding carboxylic acids is 1. The van der Waals surface area contributed by atoms with Crippen molar-refractivity contribution < 1.29 is 4.79 Å². The van der Waals surface area contributed by atoms with Crippen LogP contribution >= 0.6 is 0 Å². The predicted molar refractivity (Wildman–Crippen MR) is 68.6 cm³/mol. The van der Waals surface area contributed by atoms with Gasteiger partial charge in [0.15, 0.2) is 0 Å². The molecule has 0 aliphatic rings. The first-order valence-electron chi connectivity index (χ1n) is 5.84. The number of nitrogens with zero attached hydrogens (tertiary/aromatic N) is 1. The minimum Gasteiger partial charge on any atom is -0.350 e. The zero-order valence-electron chi connectivity index (χ0n) is 10.9. The molecule has 1 rings (SSSR count). The molecule has 1 aromatic heterocycles. The van der Waals surface area contributed by atoms with Crippen LogP contribution in [0.25, 0.3) is 0 Å². The van der Waals surface area contributed by atoms with Gasteiger partial charge in [-0.1, -0.05) is 6.07 Å². The Morgan fingerprint density at radius 2 is 2.12 bits per heavy atom. The minimum atomic E-state index is -0.188. The fraction of sp³-hybridized carbons (Fsp3) is 0.538. The minimum absolute atomic E-state index is 0.000260. The number of aromatic nitrogens is 1. The molecule has 94 valence electrons. The van der Waals surface area contributed by atoms with Crippen LogP contribution in [0.4, 0.5) is 0 Å². The zero-order valence-corrected chi connectivity index (χ0v) is 10.9. The smallest absolute Gasteiger partial charge is 0.234 e. The third kappa shape index (κ3) is 5.45. The molecule has 0 radical (unpaired) electrons. The topological polar surface area (TPSA) is 54.0 Å². The van der Waals surface area contributed by atoms with E-state index >= 15 is 0 Å². The zero-order chi connectivity index (χ0) is 12.9. The van der Waals surface area contributed by atoms with Crippen LogP contribution in [-0.2, 0) is 4.79 Å². The summed E-state index contributed by atoms with van der Waals surface area (Å²) in [5, 5.41) is 6.05. The second-order valence-corrected chi connectivity index (χ2v) is 5.16. The summed E-state index contributed by atoms with van der Waals surface area (Å²) in [7, 11) is 0. The summed E-state index contributed by atoms with van der Waals surface area (Å²) in [6.45, 7) is 8.19. The molecule has 17 heavy (non-hydrogen) atoms. The van der Waals surface area contributed by atoms with E-state index < -0.39 is 0 Å². The average Bonchev–Trinajstić information content (AvgIpc) is 2.25. The van der Waals surface area contributed by atoms with Gasteiger partial charge in [-0.2, -0.15) is 0 Å². The molecule has 0 aromatic carbocycles. The van der Waals surface area contributed by atoms with Gasteiger partial charge in [-0.15, -0.1) is 0 Å². The number of carbonyl (C=O) groups is 1. The lowest BCUT2D eigenvalue weighted by atomic mass is 10.1. The van der Waals surface area contributed by atoms with Crippen LogP contribution in [0.5, 0.6) is 0 Å². The quantitative estimate of drug-likeness (QED) is 0.834. The average molecular weight is 235 g/mol. The first kappa shape index (κ1) is 13.6. The Kier molecular flexibility index (Phi) is 4.63. The SMILES string of the molecule is C[C@H](NCC(=O)NC(C)(C)C)c1ccccn1. The number of rotatable bonds is 4. The van der Waals surface area contributed by atoms with E-state index in [4.69, 9.17) is 0 Å². The van der Waals surface area contributed by atoms with Crippen molar-refractivity contribution in [1.82, 2.24) is 15.6 Å². The Labute approximate surface area is 103 Å². The molecular formula is C13H21N3O. The normalized spacial score (nSPS) is 13.2. The molecule has 1 heterocycles. The molecule has 0 saturated carbocycles. The van der Waals surface area contributed by atoms with Crippen molar-refractivity contribution in [2.75, 3.05) is 6.54 Å². The molecule has 4 heteroatoms. The van der Waals surface area contributed by atoms with E-state index in [0.29, 0.717) is 6.54 Å². The molecule has 1 aromatic rings. The monoisotopic (exact) mass is 235 g/mol. The van der Waals surface area contributed by atoms with Crippen LogP contribution in [0.15, 0.2) is 24.4 Å². The summed E-state index contributed by atoms with van der Waals surface area (Å²) in [6, 6.07) is 5.83. The summed E-state index contributed by atoms with van der Waals surface area (Å²) in [5.41, 5.74) is 0.753. The first-order valence-corrected chi connectivity index (χ1v) is 5.84. The van der Waals surface area contributed by atoms with E-state index in [2.05, 4.69) is 15.6 Å². The maximum Gasteiger partial charge on any atom is 0.234 e. The van der Waals surface area contributed by atoms with Crippen molar-refractivity contribution in [2.24, 2.45) is 0 Å². The third-order valence-corrected chi connectivity index (χ3v) is 2.21. The molecule has 1 amide bonds. The highest BCUT2D eigenvalue weighted by Crippen LogP contribution is 2.07. The van der Waals surface area contributed by atoms with Crippen molar-refractivity contribution in [3.63, 3.8) is 0 Å². The Hall–Kier alpha value is -1.42. The number of amides is 1. The van der Waals surface area contributed by atoms with E-state index in [1.807, 2.05) is 45.9 Å². The van der Waals surface area contributed by atoms with Gasteiger partial charge in [0.25, 0.3) is 0 Å². The number of nitrogens with one attached hydrogen (secondary N) is 2. The van der Waals surface area contributed by atoms with Gasteiger partial charge in [-0.3, -0.25) is 9.78 Å².